The van der Waals surface area contributed by atoms with Crippen LogP contribution in [0.5, 0.6) is 0 Å². The Kier molecular flexibility index (Phi) is 5.43. The molecule has 2 atom stereocenters. The lowest BCUT2D eigenvalue weighted by Gasteiger charge is -2.37. The molecule has 1 aromatic rings. The van der Waals surface area contributed by atoms with E-state index < -0.39 is 0 Å². The SMILES string of the molecule is CCOC(=O)CC1CC(N)CN(c2cccc(Br)c2)C1. The molecule has 0 bridgehead atoms. The van der Waals surface area contributed by atoms with Crippen LogP contribution in [0.3, 0.4) is 0 Å². The Bertz CT molecular complexity index is 467. The lowest BCUT2D eigenvalue weighted by atomic mass is 9.91. The quantitative estimate of drug-likeness (QED) is 0.856. The van der Waals surface area contributed by atoms with Gasteiger partial charge in [0.25, 0.3) is 0 Å². The van der Waals surface area contributed by atoms with Gasteiger partial charge >= 0.3 is 5.97 Å². The zero-order chi connectivity index (χ0) is 14.5. The lowest BCUT2D eigenvalue weighted by Crippen LogP contribution is -2.47. The highest BCUT2D eigenvalue weighted by molar-refractivity contribution is 9.10. The van der Waals surface area contributed by atoms with E-state index in [0.29, 0.717) is 13.0 Å². The highest BCUT2D eigenvalue weighted by Gasteiger charge is 2.27. The van der Waals surface area contributed by atoms with Crippen LogP contribution in [0, 0.1) is 5.92 Å². The molecule has 1 saturated heterocycles. The molecule has 0 aliphatic carbocycles. The van der Waals surface area contributed by atoms with Crippen LogP contribution in [-0.4, -0.2) is 31.7 Å². The van der Waals surface area contributed by atoms with Gasteiger partial charge in [0.15, 0.2) is 0 Å². The van der Waals surface area contributed by atoms with Gasteiger partial charge in [-0.05, 0) is 37.5 Å². The molecule has 0 amide bonds. The van der Waals surface area contributed by atoms with E-state index in [9.17, 15) is 4.79 Å². The van der Waals surface area contributed by atoms with Crippen molar-refractivity contribution in [2.24, 2.45) is 11.7 Å². The molecule has 1 fully saturated rings. The summed E-state index contributed by atoms with van der Waals surface area (Å²) in [5.74, 6) is 0.137. The minimum absolute atomic E-state index is 0.0992. The van der Waals surface area contributed by atoms with Crippen molar-refractivity contribution in [2.45, 2.75) is 25.8 Å². The predicted molar refractivity (Wildman–Crippen MR) is 83.7 cm³/mol. The maximum Gasteiger partial charge on any atom is 0.306 e. The molecule has 2 rings (SSSR count). The molecule has 0 saturated carbocycles. The molecular weight excluding hydrogens is 320 g/mol. The number of anilines is 1. The summed E-state index contributed by atoms with van der Waals surface area (Å²) >= 11 is 3.49. The molecule has 1 heterocycles. The first-order valence-corrected chi connectivity index (χ1v) is 7.79. The minimum atomic E-state index is -0.124. The zero-order valence-corrected chi connectivity index (χ0v) is 13.3. The summed E-state index contributed by atoms with van der Waals surface area (Å²) in [6.07, 6.45) is 1.33. The van der Waals surface area contributed by atoms with Gasteiger partial charge in [0.05, 0.1) is 13.0 Å². The Morgan fingerprint density at radius 3 is 3.00 bits per heavy atom. The number of hydrogen-bond acceptors (Lipinski definition) is 4. The van der Waals surface area contributed by atoms with Crippen molar-refractivity contribution in [3.63, 3.8) is 0 Å². The van der Waals surface area contributed by atoms with Crippen molar-refractivity contribution in [1.29, 1.82) is 0 Å². The van der Waals surface area contributed by atoms with Crippen molar-refractivity contribution in [3.05, 3.63) is 28.7 Å². The van der Waals surface area contributed by atoms with Gasteiger partial charge in [-0.1, -0.05) is 22.0 Å². The fraction of sp³-hybridized carbons (Fsp3) is 0.533. The molecular formula is C15H21BrN2O2. The number of ether oxygens (including phenoxy) is 1. The fourth-order valence-electron chi connectivity index (χ4n) is 2.73. The molecule has 0 radical (unpaired) electrons. The maximum absolute atomic E-state index is 11.6. The number of carbonyl (C=O) groups is 1. The van der Waals surface area contributed by atoms with E-state index in [4.69, 9.17) is 10.5 Å². The number of nitrogens with zero attached hydrogens (tertiary/aromatic N) is 1. The van der Waals surface area contributed by atoms with Crippen LogP contribution in [0.1, 0.15) is 19.8 Å². The van der Waals surface area contributed by atoms with Crippen molar-refractivity contribution in [3.8, 4) is 0 Å². The van der Waals surface area contributed by atoms with Crippen molar-refractivity contribution < 1.29 is 9.53 Å². The largest absolute Gasteiger partial charge is 0.466 e. The highest BCUT2D eigenvalue weighted by Crippen LogP contribution is 2.26. The number of carbonyl (C=O) groups excluding carboxylic acids is 1. The van der Waals surface area contributed by atoms with Gasteiger partial charge in [0.2, 0.25) is 0 Å². The molecule has 0 aromatic heterocycles. The van der Waals surface area contributed by atoms with Gasteiger partial charge in [0.1, 0.15) is 0 Å². The van der Waals surface area contributed by atoms with E-state index in [0.717, 1.165) is 29.7 Å². The lowest BCUT2D eigenvalue weighted by molar-refractivity contribution is -0.144. The van der Waals surface area contributed by atoms with Crippen molar-refractivity contribution >= 4 is 27.6 Å². The summed E-state index contributed by atoms with van der Waals surface area (Å²) in [6, 6.07) is 8.27. The first-order valence-electron chi connectivity index (χ1n) is 7.00. The Labute approximate surface area is 128 Å². The van der Waals surface area contributed by atoms with Crippen LogP contribution in [-0.2, 0) is 9.53 Å². The Morgan fingerprint density at radius 2 is 2.30 bits per heavy atom. The highest BCUT2D eigenvalue weighted by atomic mass is 79.9. The Hall–Kier alpha value is -1.07. The predicted octanol–water partition coefficient (Wildman–Crippen LogP) is 2.56. The van der Waals surface area contributed by atoms with Crippen LogP contribution >= 0.6 is 15.9 Å². The normalized spacial score (nSPS) is 22.6. The topological polar surface area (TPSA) is 55.6 Å². The van der Waals surface area contributed by atoms with Gasteiger partial charge in [-0.15, -0.1) is 0 Å². The summed E-state index contributed by atoms with van der Waals surface area (Å²) in [7, 11) is 0. The molecule has 1 aromatic carbocycles. The Balaban J connectivity index is 2.02. The second-order valence-corrected chi connectivity index (χ2v) is 6.17. The van der Waals surface area contributed by atoms with Crippen molar-refractivity contribution in [2.75, 3.05) is 24.6 Å². The average molecular weight is 341 g/mol. The van der Waals surface area contributed by atoms with Gasteiger partial charge in [-0.25, -0.2) is 0 Å². The third-order valence-corrected chi connectivity index (χ3v) is 4.00. The standard InChI is InChI=1S/C15H21BrN2O2/c1-2-20-15(19)7-11-6-13(17)10-18(9-11)14-5-3-4-12(16)8-14/h3-5,8,11,13H,2,6-7,9-10,17H2,1H3. The van der Waals surface area contributed by atoms with Crippen LogP contribution in [0.15, 0.2) is 28.7 Å². The number of nitrogens with two attached hydrogens (primary N) is 1. The smallest absolute Gasteiger partial charge is 0.306 e. The third kappa shape index (κ3) is 4.21. The summed E-state index contributed by atoms with van der Waals surface area (Å²) in [5.41, 5.74) is 7.28. The zero-order valence-electron chi connectivity index (χ0n) is 11.7. The van der Waals surface area contributed by atoms with Gasteiger partial charge in [-0.3, -0.25) is 4.79 Å². The van der Waals surface area contributed by atoms with Crippen LogP contribution < -0.4 is 10.6 Å². The second kappa shape index (κ2) is 7.09. The number of benzene rings is 1. The average Bonchev–Trinajstić information content (AvgIpc) is 2.38. The maximum atomic E-state index is 11.6. The molecule has 2 unspecified atom stereocenters. The molecule has 1 aliphatic rings. The summed E-state index contributed by atoms with van der Waals surface area (Å²) in [5, 5.41) is 0. The van der Waals surface area contributed by atoms with Gasteiger partial charge in [-0.2, -0.15) is 0 Å². The first kappa shape index (κ1) is 15.3. The third-order valence-electron chi connectivity index (χ3n) is 3.50. The van der Waals surface area contributed by atoms with E-state index in [1.54, 1.807) is 0 Å². The van der Waals surface area contributed by atoms with Crippen LogP contribution in [0.25, 0.3) is 0 Å². The number of hydrogen-bond donors (Lipinski definition) is 1. The van der Waals surface area contributed by atoms with E-state index in [1.807, 2.05) is 19.1 Å². The summed E-state index contributed by atoms with van der Waals surface area (Å²) in [6.45, 7) is 3.95. The van der Waals surface area contributed by atoms with E-state index in [2.05, 4.69) is 33.0 Å². The number of rotatable bonds is 4. The Morgan fingerprint density at radius 1 is 1.50 bits per heavy atom. The molecule has 1 aliphatic heterocycles. The number of halogens is 1. The molecule has 5 heteroatoms. The van der Waals surface area contributed by atoms with E-state index >= 15 is 0 Å². The summed E-state index contributed by atoms with van der Waals surface area (Å²) < 4.78 is 6.09. The molecule has 20 heavy (non-hydrogen) atoms. The molecule has 110 valence electrons. The molecule has 0 spiro atoms. The first-order chi connectivity index (χ1) is 9.58. The second-order valence-electron chi connectivity index (χ2n) is 5.26. The monoisotopic (exact) mass is 340 g/mol. The summed E-state index contributed by atoms with van der Waals surface area (Å²) in [4.78, 5) is 13.9. The van der Waals surface area contributed by atoms with Gasteiger partial charge in [0, 0.05) is 29.3 Å². The van der Waals surface area contributed by atoms with Crippen molar-refractivity contribution in [1.82, 2.24) is 0 Å². The number of piperidine rings is 1. The van der Waals surface area contributed by atoms with Crippen LogP contribution in [0.4, 0.5) is 5.69 Å². The number of esters is 1. The van der Waals surface area contributed by atoms with E-state index in [-0.39, 0.29) is 17.9 Å². The molecule has 2 N–H and O–H groups in total. The molecule has 4 nitrogen and oxygen atoms in total. The van der Waals surface area contributed by atoms with E-state index in [1.165, 1.54) is 0 Å². The van der Waals surface area contributed by atoms with Gasteiger partial charge < -0.3 is 15.4 Å². The van der Waals surface area contributed by atoms with Crippen LogP contribution in [0.2, 0.25) is 0 Å². The minimum Gasteiger partial charge on any atom is -0.466 e. The fourth-order valence-corrected chi connectivity index (χ4v) is 3.12.